The number of rotatable bonds is 3. The molecule has 2 fully saturated rings. The second kappa shape index (κ2) is 6.80. The third-order valence-electron chi connectivity index (χ3n) is 4.35. The highest BCUT2D eigenvalue weighted by Gasteiger charge is 2.26. The first-order chi connectivity index (χ1) is 8.66. The van der Waals surface area contributed by atoms with Crippen LogP contribution in [0.15, 0.2) is 0 Å². The van der Waals surface area contributed by atoms with Crippen molar-refractivity contribution in [3.05, 3.63) is 0 Å². The molecule has 0 aromatic carbocycles. The minimum absolute atomic E-state index is 0.328. The van der Waals surface area contributed by atoms with Gasteiger partial charge in [-0.2, -0.15) is 11.8 Å². The van der Waals surface area contributed by atoms with Crippen LogP contribution in [0.4, 0.5) is 0 Å². The van der Waals surface area contributed by atoms with Gasteiger partial charge in [0.2, 0.25) is 5.91 Å². The largest absolute Gasteiger partial charge is 0.343 e. The van der Waals surface area contributed by atoms with Gasteiger partial charge in [0.15, 0.2) is 0 Å². The highest BCUT2D eigenvalue weighted by Crippen LogP contribution is 2.27. The van der Waals surface area contributed by atoms with Gasteiger partial charge in [-0.05, 0) is 31.6 Å². The number of hydrogen-bond acceptors (Lipinski definition) is 3. The van der Waals surface area contributed by atoms with Crippen molar-refractivity contribution >= 4 is 17.7 Å². The summed E-state index contributed by atoms with van der Waals surface area (Å²) >= 11 is 1.96. The molecule has 0 bridgehead atoms. The minimum atomic E-state index is 0.328. The third-order valence-corrected chi connectivity index (χ3v) is 5.48. The molecule has 1 atom stereocenters. The number of carbonyl (C=O) groups is 1. The summed E-state index contributed by atoms with van der Waals surface area (Å²) in [5.74, 6) is 3.44. The molecule has 1 N–H and O–H groups in total. The van der Waals surface area contributed by atoms with Gasteiger partial charge >= 0.3 is 0 Å². The molecule has 1 saturated heterocycles. The Kier molecular flexibility index (Phi) is 5.37. The summed E-state index contributed by atoms with van der Waals surface area (Å²) in [5.41, 5.74) is 0. The molecule has 0 spiro atoms. The Morgan fingerprint density at radius 1 is 1.33 bits per heavy atom. The minimum Gasteiger partial charge on any atom is -0.343 e. The number of carbonyl (C=O) groups excluding carboxylic acids is 1. The van der Waals surface area contributed by atoms with E-state index in [0.29, 0.717) is 24.4 Å². The lowest BCUT2D eigenvalue weighted by Crippen LogP contribution is -2.45. The van der Waals surface area contributed by atoms with E-state index < -0.39 is 0 Å². The predicted octanol–water partition coefficient (Wildman–Crippen LogP) is 2.12. The Morgan fingerprint density at radius 2 is 2.06 bits per heavy atom. The number of amides is 1. The predicted molar refractivity (Wildman–Crippen MR) is 77.9 cm³/mol. The Morgan fingerprint density at radius 3 is 2.67 bits per heavy atom. The molecule has 1 saturated carbocycles. The van der Waals surface area contributed by atoms with Crippen LogP contribution < -0.4 is 5.32 Å². The van der Waals surface area contributed by atoms with Crippen molar-refractivity contribution in [2.24, 2.45) is 5.92 Å². The summed E-state index contributed by atoms with van der Waals surface area (Å²) in [4.78, 5) is 14.3. The fourth-order valence-corrected chi connectivity index (χ4v) is 3.89. The highest BCUT2D eigenvalue weighted by molar-refractivity contribution is 7.99. The molecule has 4 heteroatoms. The maximum atomic E-state index is 12.3. The van der Waals surface area contributed by atoms with Crippen LogP contribution in [0.25, 0.3) is 0 Å². The summed E-state index contributed by atoms with van der Waals surface area (Å²) in [6, 6.07) is 0.881. The maximum Gasteiger partial charge on any atom is 0.224 e. The van der Waals surface area contributed by atoms with Crippen molar-refractivity contribution in [2.45, 2.75) is 51.1 Å². The molecule has 1 amide bonds. The van der Waals surface area contributed by atoms with E-state index in [1.165, 1.54) is 31.4 Å². The van der Waals surface area contributed by atoms with Crippen molar-refractivity contribution < 1.29 is 4.79 Å². The van der Waals surface area contributed by atoms with Gasteiger partial charge in [0.05, 0.1) is 0 Å². The summed E-state index contributed by atoms with van der Waals surface area (Å²) in [6.45, 7) is 3.37. The van der Waals surface area contributed by atoms with Crippen molar-refractivity contribution in [1.29, 1.82) is 0 Å². The fourth-order valence-electron chi connectivity index (χ4n) is 2.94. The van der Waals surface area contributed by atoms with Crippen molar-refractivity contribution in [3.63, 3.8) is 0 Å². The van der Waals surface area contributed by atoms with Gasteiger partial charge in [0, 0.05) is 43.6 Å². The number of thioether (sulfide) groups is 1. The van der Waals surface area contributed by atoms with Crippen LogP contribution in [-0.4, -0.2) is 48.0 Å². The number of nitrogens with one attached hydrogen (secondary N) is 1. The van der Waals surface area contributed by atoms with Gasteiger partial charge in [-0.1, -0.05) is 6.92 Å². The van der Waals surface area contributed by atoms with Crippen LogP contribution in [-0.2, 0) is 4.79 Å². The van der Waals surface area contributed by atoms with E-state index in [9.17, 15) is 4.79 Å². The quantitative estimate of drug-likeness (QED) is 0.852. The van der Waals surface area contributed by atoms with E-state index in [0.717, 1.165) is 18.2 Å². The Hall–Kier alpha value is -0.220. The number of nitrogens with zero attached hydrogens (tertiary/aromatic N) is 1. The molecule has 18 heavy (non-hydrogen) atoms. The molecule has 1 aliphatic heterocycles. The van der Waals surface area contributed by atoms with Crippen LogP contribution in [0.1, 0.15) is 39.0 Å². The molecule has 104 valence electrons. The van der Waals surface area contributed by atoms with E-state index in [4.69, 9.17) is 0 Å². The SMILES string of the molecule is CC1CCC(N(C)C(=O)CC2CSCCN2)CC1. The van der Waals surface area contributed by atoms with Crippen molar-refractivity contribution in [2.75, 3.05) is 25.1 Å². The van der Waals surface area contributed by atoms with Crippen LogP contribution in [0.3, 0.4) is 0 Å². The van der Waals surface area contributed by atoms with Crippen LogP contribution in [0.2, 0.25) is 0 Å². The standard InChI is InChI=1S/C14H26N2OS/c1-11-3-5-13(6-4-11)16(2)14(17)9-12-10-18-8-7-15-12/h11-13,15H,3-10H2,1-2H3. The summed E-state index contributed by atoms with van der Waals surface area (Å²) in [5, 5.41) is 3.45. The molecule has 3 nitrogen and oxygen atoms in total. The maximum absolute atomic E-state index is 12.3. The zero-order valence-electron chi connectivity index (χ0n) is 11.7. The monoisotopic (exact) mass is 270 g/mol. The van der Waals surface area contributed by atoms with E-state index in [1.807, 2.05) is 23.7 Å². The summed E-state index contributed by atoms with van der Waals surface area (Å²) in [6.07, 6.45) is 5.61. The lowest BCUT2D eigenvalue weighted by Gasteiger charge is -2.34. The van der Waals surface area contributed by atoms with Crippen molar-refractivity contribution in [1.82, 2.24) is 10.2 Å². The van der Waals surface area contributed by atoms with Crippen molar-refractivity contribution in [3.8, 4) is 0 Å². The van der Waals surface area contributed by atoms with E-state index in [2.05, 4.69) is 12.2 Å². The first-order valence-electron chi connectivity index (χ1n) is 7.23. The van der Waals surface area contributed by atoms with Gasteiger partial charge in [0.25, 0.3) is 0 Å². The average Bonchev–Trinajstić information content (AvgIpc) is 2.40. The van der Waals surface area contributed by atoms with Crippen LogP contribution in [0, 0.1) is 5.92 Å². The average molecular weight is 270 g/mol. The first-order valence-corrected chi connectivity index (χ1v) is 8.39. The highest BCUT2D eigenvalue weighted by atomic mass is 32.2. The molecule has 0 aromatic rings. The van der Waals surface area contributed by atoms with Gasteiger partial charge in [-0.25, -0.2) is 0 Å². The zero-order chi connectivity index (χ0) is 13.0. The lowest BCUT2D eigenvalue weighted by atomic mass is 9.86. The zero-order valence-corrected chi connectivity index (χ0v) is 12.5. The molecule has 1 heterocycles. The van der Waals surface area contributed by atoms with Gasteiger partial charge < -0.3 is 10.2 Å². The van der Waals surface area contributed by atoms with Crippen LogP contribution in [0.5, 0.6) is 0 Å². The molecule has 0 radical (unpaired) electrons. The summed E-state index contributed by atoms with van der Waals surface area (Å²) < 4.78 is 0. The third kappa shape index (κ3) is 3.89. The van der Waals surface area contributed by atoms with E-state index in [1.54, 1.807) is 0 Å². The number of hydrogen-bond donors (Lipinski definition) is 1. The molecule has 1 unspecified atom stereocenters. The molecule has 0 aromatic heterocycles. The Labute approximate surface area is 115 Å². The molecule has 2 aliphatic rings. The molecular weight excluding hydrogens is 244 g/mol. The Balaban J connectivity index is 1.77. The second-order valence-electron chi connectivity index (χ2n) is 5.85. The normalized spacial score (nSPS) is 33.1. The second-order valence-corrected chi connectivity index (χ2v) is 7.00. The van der Waals surface area contributed by atoms with E-state index in [-0.39, 0.29) is 0 Å². The molecule has 2 rings (SSSR count). The topological polar surface area (TPSA) is 32.3 Å². The molecular formula is C14H26N2OS. The van der Waals surface area contributed by atoms with Gasteiger partial charge in [-0.3, -0.25) is 4.79 Å². The first kappa shape index (κ1) is 14.2. The van der Waals surface area contributed by atoms with E-state index >= 15 is 0 Å². The fraction of sp³-hybridized carbons (Fsp3) is 0.929. The van der Waals surface area contributed by atoms with Gasteiger partial charge in [-0.15, -0.1) is 0 Å². The Bertz CT molecular complexity index is 271. The smallest absolute Gasteiger partial charge is 0.224 e. The summed E-state index contributed by atoms with van der Waals surface area (Å²) in [7, 11) is 2.00. The lowest BCUT2D eigenvalue weighted by molar-refractivity contribution is -0.133. The van der Waals surface area contributed by atoms with Gasteiger partial charge in [0.1, 0.15) is 0 Å². The molecule has 1 aliphatic carbocycles. The van der Waals surface area contributed by atoms with Crippen LogP contribution >= 0.6 is 11.8 Å².